The second-order valence-corrected chi connectivity index (χ2v) is 3.53. The molecular weight excluding hydrogens is 296 g/mol. The molecule has 0 heterocycles. The maximum atomic E-state index is 5.49. The number of halogens is 1. The first-order valence-corrected chi connectivity index (χ1v) is 5.34. The van der Waals surface area contributed by atoms with Gasteiger partial charge in [0.15, 0.2) is 11.9 Å². The minimum atomic E-state index is -0.169. The fourth-order valence-corrected chi connectivity index (χ4v) is 1.18. The molecule has 0 amide bonds. The van der Waals surface area contributed by atoms with Crippen molar-refractivity contribution in [2.75, 3.05) is 0 Å². The molecule has 10 nitrogen and oxygen atoms in total. The highest BCUT2D eigenvalue weighted by atomic mass is 35.5. The van der Waals surface area contributed by atoms with Crippen LogP contribution in [-0.2, 0) is 0 Å². The van der Waals surface area contributed by atoms with Crippen molar-refractivity contribution in [3.63, 3.8) is 0 Å². The van der Waals surface area contributed by atoms with Crippen LogP contribution in [0.5, 0.6) is 0 Å². The van der Waals surface area contributed by atoms with Crippen LogP contribution >= 0.6 is 12.4 Å². The fraction of sp³-hybridized carbons (Fsp3) is 0. The van der Waals surface area contributed by atoms with E-state index in [4.69, 9.17) is 34.4 Å². The average Bonchev–Trinajstić information content (AvgIpc) is 2.29. The number of benzene rings is 1. The van der Waals surface area contributed by atoms with Crippen LogP contribution in [0, 0.1) is 0 Å². The zero-order valence-electron chi connectivity index (χ0n) is 11.0. The second-order valence-electron chi connectivity index (χ2n) is 3.53. The third kappa shape index (κ3) is 7.22. The molecule has 0 saturated carbocycles. The summed E-state index contributed by atoms with van der Waals surface area (Å²) in [5.74, 6) is -0.447. The van der Waals surface area contributed by atoms with Crippen molar-refractivity contribution in [2.24, 2.45) is 54.4 Å². The number of nitrogens with zero attached hydrogens (tertiary/aromatic N) is 4. The summed E-state index contributed by atoms with van der Waals surface area (Å²) in [5, 5.41) is 0. The molecule has 0 aromatic heterocycles. The highest BCUT2D eigenvalue weighted by molar-refractivity contribution is 5.94. The summed E-state index contributed by atoms with van der Waals surface area (Å²) in [5.41, 5.74) is 32.7. The molecule has 0 aliphatic rings. The van der Waals surface area contributed by atoms with Gasteiger partial charge in [0.25, 0.3) is 0 Å². The summed E-state index contributed by atoms with van der Waals surface area (Å²) in [6.07, 6.45) is 0. The molecular formula is C10H17ClN10. The molecule has 0 aliphatic carbocycles. The Morgan fingerprint density at radius 1 is 0.619 bits per heavy atom. The molecule has 11 heteroatoms. The van der Waals surface area contributed by atoms with Crippen molar-refractivity contribution in [3.8, 4) is 0 Å². The lowest BCUT2D eigenvalue weighted by Gasteiger charge is -1.98. The van der Waals surface area contributed by atoms with E-state index in [2.05, 4.69) is 20.0 Å². The Morgan fingerprint density at radius 2 is 0.905 bits per heavy atom. The number of nitrogens with two attached hydrogens (primary N) is 6. The Kier molecular flexibility index (Phi) is 7.04. The summed E-state index contributed by atoms with van der Waals surface area (Å²) in [6, 6.07) is 6.60. The van der Waals surface area contributed by atoms with E-state index in [9.17, 15) is 0 Å². The van der Waals surface area contributed by atoms with E-state index in [0.29, 0.717) is 11.4 Å². The van der Waals surface area contributed by atoms with Crippen molar-refractivity contribution in [3.05, 3.63) is 24.3 Å². The predicted molar refractivity (Wildman–Crippen MR) is 87.9 cm³/mol. The van der Waals surface area contributed by atoms with Crippen LogP contribution < -0.4 is 34.4 Å². The zero-order chi connectivity index (χ0) is 15.1. The van der Waals surface area contributed by atoms with Gasteiger partial charge in [-0.05, 0) is 24.3 Å². The van der Waals surface area contributed by atoms with Gasteiger partial charge in [0.05, 0.1) is 11.4 Å². The molecule has 0 radical (unpaired) electrons. The molecule has 1 aromatic carbocycles. The third-order valence-electron chi connectivity index (χ3n) is 1.82. The van der Waals surface area contributed by atoms with Crippen molar-refractivity contribution < 1.29 is 0 Å². The van der Waals surface area contributed by atoms with Crippen LogP contribution in [0.1, 0.15) is 0 Å². The van der Waals surface area contributed by atoms with E-state index < -0.39 is 0 Å². The summed E-state index contributed by atoms with van der Waals surface area (Å²) in [7, 11) is 0. The molecule has 1 rings (SSSR count). The average molecular weight is 313 g/mol. The fourth-order valence-electron chi connectivity index (χ4n) is 1.18. The van der Waals surface area contributed by atoms with E-state index in [0.717, 1.165) is 0 Å². The van der Waals surface area contributed by atoms with Gasteiger partial charge in [0.2, 0.25) is 11.9 Å². The Morgan fingerprint density at radius 3 is 1.14 bits per heavy atom. The van der Waals surface area contributed by atoms with Crippen molar-refractivity contribution in [1.82, 2.24) is 0 Å². The summed E-state index contributed by atoms with van der Waals surface area (Å²) in [6.45, 7) is 0. The first-order valence-electron chi connectivity index (χ1n) is 5.34. The highest BCUT2D eigenvalue weighted by Gasteiger charge is 1.96. The van der Waals surface area contributed by atoms with Crippen LogP contribution in [-0.4, -0.2) is 23.8 Å². The van der Waals surface area contributed by atoms with Gasteiger partial charge in [-0.1, -0.05) is 0 Å². The molecule has 0 fully saturated rings. The molecule has 0 atom stereocenters. The molecule has 0 spiro atoms. The Bertz CT molecular complexity index is 525. The SMILES string of the molecule is Cl.NC(N)=NC(N)=Nc1ccc(N=C(N)N=C(N)N)cc1. The lowest BCUT2D eigenvalue weighted by Crippen LogP contribution is -2.26. The van der Waals surface area contributed by atoms with Crippen LogP contribution in [0.25, 0.3) is 0 Å². The first kappa shape index (κ1) is 18.0. The van der Waals surface area contributed by atoms with Crippen molar-refractivity contribution in [2.45, 2.75) is 0 Å². The number of guanidine groups is 4. The topological polar surface area (TPSA) is 206 Å². The first-order chi connectivity index (χ1) is 9.36. The highest BCUT2D eigenvalue weighted by Crippen LogP contribution is 2.18. The smallest absolute Gasteiger partial charge is 0.223 e. The van der Waals surface area contributed by atoms with Gasteiger partial charge in [-0.3, -0.25) is 0 Å². The van der Waals surface area contributed by atoms with Crippen LogP contribution in [0.3, 0.4) is 0 Å². The third-order valence-corrected chi connectivity index (χ3v) is 1.82. The Balaban J connectivity index is 0.00000400. The van der Waals surface area contributed by atoms with Gasteiger partial charge >= 0.3 is 0 Å². The molecule has 21 heavy (non-hydrogen) atoms. The molecule has 12 N–H and O–H groups in total. The van der Waals surface area contributed by atoms with Gasteiger partial charge in [-0.2, -0.15) is 9.98 Å². The number of rotatable bonds is 2. The monoisotopic (exact) mass is 312 g/mol. The van der Waals surface area contributed by atoms with Crippen LogP contribution in [0.4, 0.5) is 11.4 Å². The standard InChI is InChI=1S/C10H16N10.ClH/c11-7(12)19-9(15)17-5-1-2-6(4-3-5)18-10(16)20-8(13)14;/h1-4H,(H6,11,12,15,17,19)(H6,13,14,16,18,20);1H. The van der Waals surface area contributed by atoms with Gasteiger partial charge < -0.3 is 34.4 Å². The quantitative estimate of drug-likeness (QED) is 0.284. The summed E-state index contributed by atoms with van der Waals surface area (Å²) >= 11 is 0. The minimum absolute atomic E-state index is 0. The molecule has 0 saturated heterocycles. The Labute approximate surface area is 127 Å². The van der Waals surface area contributed by atoms with E-state index >= 15 is 0 Å². The van der Waals surface area contributed by atoms with Gasteiger partial charge in [0, 0.05) is 0 Å². The maximum absolute atomic E-state index is 5.49. The van der Waals surface area contributed by atoms with Crippen molar-refractivity contribution in [1.29, 1.82) is 0 Å². The van der Waals surface area contributed by atoms with E-state index in [1.807, 2.05) is 0 Å². The van der Waals surface area contributed by atoms with Crippen LogP contribution in [0.2, 0.25) is 0 Å². The minimum Gasteiger partial charge on any atom is -0.370 e. The Hall–Kier alpha value is -3.01. The number of hydrogen-bond acceptors (Lipinski definition) is 2. The molecule has 0 aliphatic heterocycles. The molecule has 0 bridgehead atoms. The lowest BCUT2D eigenvalue weighted by molar-refractivity contribution is 1.36. The number of hydrogen-bond donors (Lipinski definition) is 6. The zero-order valence-corrected chi connectivity index (χ0v) is 11.8. The molecule has 0 unspecified atom stereocenters. The molecule has 1 aromatic rings. The maximum Gasteiger partial charge on any atom is 0.223 e. The molecule has 114 valence electrons. The van der Waals surface area contributed by atoms with Crippen molar-refractivity contribution >= 4 is 47.6 Å². The second kappa shape index (κ2) is 8.22. The van der Waals surface area contributed by atoms with Gasteiger partial charge in [-0.25, -0.2) is 9.98 Å². The van der Waals surface area contributed by atoms with E-state index in [1.54, 1.807) is 24.3 Å². The number of aliphatic imine (C=N–C) groups is 4. The van der Waals surface area contributed by atoms with E-state index in [-0.39, 0.29) is 36.2 Å². The normalized spacial score (nSPS) is 11.2. The van der Waals surface area contributed by atoms with Crippen LogP contribution in [0.15, 0.2) is 44.2 Å². The largest absolute Gasteiger partial charge is 0.370 e. The lowest BCUT2D eigenvalue weighted by atomic mass is 10.3. The summed E-state index contributed by atoms with van der Waals surface area (Å²) < 4.78 is 0. The van der Waals surface area contributed by atoms with Gasteiger partial charge in [0.1, 0.15) is 0 Å². The van der Waals surface area contributed by atoms with E-state index in [1.165, 1.54) is 0 Å². The predicted octanol–water partition coefficient (Wildman–Crippen LogP) is -1.45. The van der Waals surface area contributed by atoms with Gasteiger partial charge in [-0.15, -0.1) is 12.4 Å². The summed E-state index contributed by atoms with van der Waals surface area (Å²) in [4.78, 5) is 15.1.